The van der Waals surface area contributed by atoms with E-state index in [-0.39, 0.29) is 65.8 Å². The Bertz CT molecular complexity index is 1270. The molecule has 0 bridgehead atoms. The second kappa shape index (κ2) is 26.1. The van der Waals surface area contributed by atoms with Crippen molar-refractivity contribution in [1.82, 2.24) is 0 Å². The van der Waals surface area contributed by atoms with Gasteiger partial charge in [0.15, 0.2) is 17.2 Å². The summed E-state index contributed by atoms with van der Waals surface area (Å²) >= 11 is 0. The molecule has 0 fully saturated rings. The molecule has 4 rings (SSSR count). The molecule has 4 aromatic rings. The van der Waals surface area contributed by atoms with Gasteiger partial charge >= 0.3 is 16.5 Å². The van der Waals surface area contributed by atoms with E-state index in [4.69, 9.17) is 28.4 Å². The number of benzene rings is 4. The second-order valence-corrected chi connectivity index (χ2v) is 11.8. The molecular formula is C36H46NaNiO7P+. The number of rotatable bonds is 16. The van der Waals surface area contributed by atoms with Crippen molar-refractivity contribution in [3.05, 3.63) is 116 Å². The smallest absolute Gasteiger partial charge is 0.504 e. The molecule has 0 saturated carbocycles. The fourth-order valence-corrected chi connectivity index (χ4v) is 7.43. The Morgan fingerprint density at radius 3 is 1.61 bits per heavy atom. The van der Waals surface area contributed by atoms with Crippen molar-refractivity contribution < 1.29 is 50.0 Å². The average Bonchev–Trinajstić information content (AvgIpc) is 3.05. The Morgan fingerprint density at radius 2 is 1.15 bits per heavy atom. The van der Waals surface area contributed by atoms with Crippen molar-refractivity contribution >= 4 is 53.4 Å². The number of methoxy groups -OCH3 is 3. The summed E-state index contributed by atoms with van der Waals surface area (Å²) in [5, 5.41) is 14.4. The van der Waals surface area contributed by atoms with Gasteiger partial charge in [-0.25, -0.2) is 0 Å². The third kappa shape index (κ3) is 14.4. The first-order chi connectivity index (χ1) is 21.1. The first-order valence-electron chi connectivity index (χ1n) is 14.2. The molecule has 10 heteroatoms. The molecule has 0 amide bonds. The molecule has 0 atom stereocenters. The first-order valence-corrected chi connectivity index (χ1v) is 15.7. The number of phenols is 1. The standard InChI is InChI=1S/C29H37O7P.C6H5.CH3.Na.Ni/c1-22-19-23(21-36-18-17-35-16-15-34-14-13-31-2)29(30)28(20-22)37(26-11-7-5-9-24(26)32-3)27-12-8-6-10-25(27)33-4;1-2-4-6-5-3-1;;;/h5-12,19-20,30H,13-18,21H2,1-4H3;1-5H;1H3;;/q;2*-1;;+2/p+1. The summed E-state index contributed by atoms with van der Waals surface area (Å²) in [5.41, 5.74) is 1.79. The van der Waals surface area contributed by atoms with Gasteiger partial charge in [-0.05, 0) is 48.9 Å². The summed E-state index contributed by atoms with van der Waals surface area (Å²) in [4.78, 5) is 0. The van der Waals surface area contributed by atoms with Gasteiger partial charge in [0.1, 0.15) is 23.8 Å². The number of hydrogen-bond acceptors (Lipinski definition) is 7. The average molecular weight is 703 g/mol. The third-order valence-corrected chi connectivity index (χ3v) is 9.22. The van der Waals surface area contributed by atoms with Crippen LogP contribution in [0.3, 0.4) is 0 Å². The zero-order valence-electron chi connectivity index (χ0n) is 27.8. The predicted molar refractivity (Wildman–Crippen MR) is 187 cm³/mol. The zero-order chi connectivity index (χ0) is 30.7. The van der Waals surface area contributed by atoms with Crippen LogP contribution in [0.25, 0.3) is 0 Å². The van der Waals surface area contributed by atoms with Crippen molar-refractivity contribution in [3.8, 4) is 17.2 Å². The van der Waals surface area contributed by atoms with Crippen LogP contribution >= 0.6 is 7.92 Å². The largest absolute Gasteiger partial charge is 2.00 e. The van der Waals surface area contributed by atoms with E-state index in [1.807, 2.05) is 79.7 Å². The van der Waals surface area contributed by atoms with Gasteiger partial charge in [0, 0.05) is 42.2 Å². The number of ether oxygens (including phenoxy) is 6. The van der Waals surface area contributed by atoms with E-state index in [0.29, 0.717) is 39.6 Å². The van der Waals surface area contributed by atoms with Crippen molar-refractivity contribution in [1.29, 1.82) is 0 Å². The molecule has 0 saturated heterocycles. The van der Waals surface area contributed by atoms with Gasteiger partial charge in [-0.15, -0.1) is 0 Å². The van der Waals surface area contributed by atoms with Gasteiger partial charge in [-0.3, -0.25) is 0 Å². The van der Waals surface area contributed by atoms with Gasteiger partial charge in [0.25, 0.3) is 0 Å². The van der Waals surface area contributed by atoms with Crippen LogP contribution in [0.5, 0.6) is 17.2 Å². The number of aryl methyl sites for hydroxylation is 1. The minimum absolute atomic E-state index is 0. The minimum atomic E-state index is -1.69. The molecule has 0 heterocycles. The molecule has 0 aromatic heterocycles. The fraction of sp³-hybridized carbons (Fsp3) is 0.306. The molecule has 46 heavy (non-hydrogen) atoms. The van der Waals surface area contributed by atoms with Crippen LogP contribution in [0, 0.1) is 20.4 Å². The summed E-state index contributed by atoms with van der Waals surface area (Å²) in [7, 11) is 3.29. The Balaban J connectivity index is 0.00000202. The Kier molecular flexibility index (Phi) is 24.9. The number of phenolic OH excluding ortho intramolecular Hbond substituents is 1. The molecule has 7 nitrogen and oxygen atoms in total. The molecule has 0 unspecified atom stereocenters. The number of hydrogen-bond donors (Lipinski definition) is 1. The molecule has 247 valence electrons. The summed E-state index contributed by atoms with van der Waals surface area (Å²) in [6.07, 6.45) is 0. The number of aromatic hydroxyl groups is 1. The van der Waals surface area contributed by atoms with E-state index >= 15 is 0 Å². The molecule has 4 aromatic carbocycles. The van der Waals surface area contributed by atoms with Crippen molar-refractivity contribution in [3.63, 3.8) is 0 Å². The minimum Gasteiger partial charge on any atom is -0.504 e. The molecule has 0 aliphatic carbocycles. The summed E-state index contributed by atoms with van der Waals surface area (Å²) in [6.45, 7) is 5.31. The maximum absolute atomic E-state index is 11.5. The fourth-order valence-electron chi connectivity index (χ4n) is 4.40. The quantitative estimate of drug-likeness (QED) is 0.0766. The van der Waals surface area contributed by atoms with Crippen LogP contribution in [0.4, 0.5) is 0 Å². The van der Waals surface area contributed by atoms with Crippen molar-refractivity contribution in [2.45, 2.75) is 13.5 Å². The molecular weight excluding hydrogens is 657 g/mol. The van der Waals surface area contributed by atoms with Crippen molar-refractivity contribution in [2.24, 2.45) is 0 Å². The van der Waals surface area contributed by atoms with Gasteiger partial charge in [0.05, 0.1) is 60.5 Å². The molecule has 0 aliphatic heterocycles. The van der Waals surface area contributed by atoms with Gasteiger partial charge in [0.2, 0.25) is 0 Å². The Morgan fingerprint density at radius 1 is 0.652 bits per heavy atom. The zero-order valence-corrected chi connectivity index (χ0v) is 31.8. The molecule has 0 aliphatic rings. The Hall–Kier alpha value is -1.96. The van der Waals surface area contributed by atoms with Gasteiger partial charge in [-0.2, -0.15) is 36.4 Å². The number of para-hydroxylation sites is 2. The van der Waals surface area contributed by atoms with Crippen LogP contribution in [-0.4, -0.2) is 95.6 Å². The molecule has 1 radical (unpaired) electrons. The van der Waals surface area contributed by atoms with Crippen LogP contribution < -0.4 is 25.4 Å². The van der Waals surface area contributed by atoms with Crippen LogP contribution in [0.1, 0.15) is 11.1 Å². The van der Waals surface area contributed by atoms with Gasteiger partial charge < -0.3 is 41.0 Å². The normalized spacial score (nSPS) is 10.0. The monoisotopic (exact) mass is 702 g/mol. The maximum atomic E-state index is 11.5. The first kappa shape index (κ1) is 44.0. The van der Waals surface area contributed by atoms with Crippen LogP contribution in [0.2, 0.25) is 0 Å². The molecule has 1 N–H and O–H groups in total. The van der Waals surface area contributed by atoms with E-state index in [1.54, 1.807) is 21.3 Å². The van der Waals surface area contributed by atoms with Crippen molar-refractivity contribution in [2.75, 3.05) is 61.0 Å². The SMILES string of the molecule is COCCOCCOCCOCc1cc(C)cc([PH+](c2ccccc2OC)c2ccccc2OC)c1O.[CH3-].[Na].[Ni+2].[c-]1ccccc1. The van der Waals surface area contributed by atoms with E-state index in [0.717, 1.165) is 38.5 Å². The van der Waals surface area contributed by atoms with Crippen LogP contribution in [0.15, 0.2) is 91.0 Å². The predicted octanol–water partition coefficient (Wildman–Crippen LogP) is 4.96. The summed E-state index contributed by atoms with van der Waals surface area (Å²) in [6, 6.07) is 32.5. The topological polar surface area (TPSA) is 75.6 Å². The van der Waals surface area contributed by atoms with Crippen LogP contribution in [-0.2, 0) is 42.0 Å². The Labute approximate surface area is 308 Å². The van der Waals surface area contributed by atoms with Gasteiger partial charge in [-0.1, -0.05) is 24.3 Å². The summed E-state index contributed by atoms with van der Waals surface area (Å²) < 4.78 is 33.2. The third-order valence-electron chi connectivity index (χ3n) is 6.40. The molecule has 0 spiro atoms. The van der Waals surface area contributed by atoms with E-state index in [1.165, 1.54) is 0 Å². The van der Waals surface area contributed by atoms with E-state index in [9.17, 15) is 5.11 Å². The second-order valence-electron chi connectivity index (χ2n) is 9.44. The summed E-state index contributed by atoms with van der Waals surface area (Å²) in [5.74, 6) is 1.80. The van der Waals surface area contributed by atoms with E-state index < -0.39 is 7.92 Å². The maximum Gasteiger partial charge on any atom is 2.00 e. The van der Waals surface area contributed by atoms with E-state index in [2.05, 4.69) is 24.3 Å².